The highest BCUT2D eigenvalue weighted by Gasteiger charge is 2.34. The number of methoxy groups -OCH3 is 1. The zero-order valence-corrected chi connectivity index (χ0v) is 9.70. The van der Waals surface area contributed by atoms with Gasteiger partial charge in [-0.05, 0) is 30.5 Å². The molecule has 1 aliphatic carbocycles. The molecule has 1 fully saturated rings. The number of nitrogens with zero attached hydrogens (tertiary/aromatic N) is 1. The molecule has 0 spiro atoms. The molecule has 0 saturated heterocycles. The van der Waals surface area contributed by atoms with Crippen LogP contribution in [0.1, 0.15) is 37.7 Å². The second-order valence-electron chi connectivity index (χ2n) is 4.49. The Morgan fingerprint density at radius 2 is 2.00 bits per heavy atom. The molecular weight excluding hydrogens is 198 g/mol. The molecule has 0 unspecified atom stereocenters. The minimum atomic E-state index is -0.271. The van der Waals surface area contributed by atoms with E-state index >= 15 is 0 Å². The van der Waals surface area contributed by atoms with Gasteiger partial charge in [0, 0.05) is 0 Å². The molecule has 84 valence electrons. The zero-order chi connectivity index (χ0) is 11.4. The van der Waals surface area contributed by atoms with Crippen LogP contribution in [0.4, 0.5) is 0 Å². The fourth-order valence-electron chi connectivity index (χ4n) is 2.54. The van der Waals surface area contributed by atoms with Crippen molar-refractivity contribution >= 4 is 0 Å². The van der Waals surface area contributed by atoms with Crippen LogP contribution in [0.15, 0.2) is 24.3 Å². The van der Waals surface area contributed by atoms with Crippen LogP contribution >= 0.6 is 0 Å². The van der Waals surface area contributed by atoms with E-state index < -0.39 is 0 Å². The fraction of sp³-hybridized carbons (Fsp3) is 0.500. The molecule has 16 heavy (non-hydrogen) atoms. The van der Waals surface area contributed by atoms with E-state index in [0.717, 1.165) is 37.0 Å². The molecule has 1 saturated carbocycles. The lowest BCUT2D eigenvalue weighted by Crippen LogP contribution is -2.26. The Morgan fingerprint density at radius 3 is 2.62 bits per heavy atom. The average Bonchev–Trinajstić information content (AvgIpc) is 2.39. The van der Waals surface area contributed by atoms with Crippen LogP contribution in [0.3, 0.4) is 0 Å². The fourth-order valence-corrected chi connectivity index (χ4v) is 2.54. The smallest absolute Gasteiger partial charge is 0.119 e. The molecule has 1 aromatic rings. The third kappa shape index (κ3) is 1.90. The van der Waals surface area contributed by atoms with Gasteiger partial charge >= 0.3 is 0 Å². The molecule has 0 N–H and O–H groups in total. The number of hydrogen-bond donors (Lipinski definition) is 0. The van der Waals surface area contributed by atoms with Gasteiger partial charge in [-0.25, -0.2) is 0 Å². The molecule has 0 atom stereocenters. The van der Waals surface area contributed by atoms with Gasteiger partial charge in [0.1, 0.15) is 5.75 Å². The molecule has 1 aromatic carbocycles. The molecule has 2 heteroatoms. The summed E-state index contributed by atoms with van der Waals surface area (Å²) in [6.45, 7) is 0. The van der Waals surface area contributed by atoms with Crippen LogP contribution in [-0.2, 0) is 5.41 Å². The highest BCUT2D eigenvalue weighted by atomic mass is 16.5. The van der Waals surface area contributed by atoms with Gasteiger partial charge < -0.3 is 4.74 Å². The Hall–Kier alpha value is -1.49. The van der Waals surface area contributed by atoms with Crippen molar-refractivity contribution in [3.63, 3.8) is 0 Å². The molecule has 2 nitrogen and oxygen atoms in total. The molecule has 0 aliphatic heterocycles. The first-order chi connectivity index (χ1) is 7.80. The second kappa shape index (κ2) is 4.57. The Kier molecular flexibility index (Phi) is 3.14. The summed E-state index contributed by atoms with van der Waals surface area (Å²) >= 11 is 0. The Bertz CT molecular complexity index is 399. The van der Waals surface area contributed by atoms with Gasteiger partial charge in [-0.15, -0.1) is 0 Å². The molecule has 0 bridgehead atoms. The predicted molar refractivity (Wildman–Crippen MR) is 63.4 cm³/mol. The zero-order valence-electron chi connectivity index (χ0n) is 9.70. The van der Waals surface area contributed by atoms with E-state index in [2.05, 4.69) is 12.1 Å². The molecule has 0 heterocycles. The molecule has 0 aromatic heterocycles. The second-order valence-corrected chi connectivity index (χ2v) is 4.49. The monoisotopic (exact) mass is 215 g/mol. The Labute approximate surface area is 96.9 Å². The maximum atomic E-state index is 9.47. The molecular formula is C14H17NO. The van der Waals surface area contributed by atoms with Crippen molar-refractivity contribution in [1.29, 1.82) is 5.26 Å². The number of benzene rings is 1. The summed E-state index contributed by atoms with van der Waals surface area (Å²) in [6.07, 6.45) is 5.54. The van der Waals surface area contributed by atoms with Crippen molar-refractivity contribution in [3.8, 4) is 11.8 Å². The maximum Gasteiger partial charge on any atom is 0.119 e. The molecule has 0 amide bonds. The summed E-state index contributed by atoms with van der Waals surface area (Å²) in [7, 11) is 1.67. The van der Waals surface area contributed by atoms with Crippen LogP contribution in [0.5, 0.6) is 5.75 Å². The van der Waals surface area contributed by atoms with Crippen LogP contribution in [0, 0.1) is 11.3 Å². The first kappa shape index (κ1) is 11.0. The van der Waals surface area contributed by atoms with E-state index in [-0.39, 0.29) is 5.41 Å². The first-order valence-electron chi connectivity index (χ1n) is 5.86. The van der Waals surface area contributed by atoms with Gasteiger partial charge in [0.05, 0.1) is 18.6 Å². The number of nitriles is 1. The summed E-state index contributed by atoms with van der Waals surface area (Å²) in [5.74, 6) is 0.845. The maximum absolute atomic E-state index is 9.47. The van der Waals surface area contributed by atoms with Gasteiger partial charge in [-0.1, -0.05) is 31.4 Å². The summed E-state index contributed by atoms with van der Waals surface area (Å²) < 4.78 is 5.23. The van der Waals surface area contributed by atoms with Gasteiger partial charge in [-0.2, -0.15) is 5.26 Å². The summed E-state index contributed by atoms with van der Waals surface area (Å²) in [5.41, 5.74) is 0.848. The summed E-state index contributed by atoms with van der Waals surface area (Å²) in [5, 5.41) is 9.47. The van der Waals surface area contributed by atoms with Crippen molar-refractivity contribution in [3.05, 3.63) is 29.8 Å². The Balaban J connectivity index is 2.36. The van der Waals surface area contributed by atoms with Crippen LogP contribution in [0.2, 0.25) is 0 Å². The number of hydrogen-bond acceptors (Lipinski definition) is 2. The van der Waals surface area contributed by atoms with Crippen molar-refractivity contribution in [2.75, 3.05) is 7.11 Å². The van der Waals surface area contributed by atoms with Gasteiger partial charge in [-0.3, -0.25) is 0 Å². The SMILES string of the molecule is COc1cccc(C2(C#N)CCCCC2)c1. The molecule has 1 aliphatic rings. The van der Waals surface area contributed by atoms with E-state index in [0.29, 0.717) is 0 Å². The highest BCUT2D eigenvalue weighted by Crippen LogP contribution is 2.39. The van der Waals surface area contributed by atoms with E-state index in [1.807, 2.05) is 18.2 Å². The van der Waals surface area contributed by atoms with Crippen LogP contribution in [-0.4, -0.2) is 7.11 Å². The van der Waals surface area contributed by atoms with Gasteiger partial charge in [0.2, 0.25) is 0 Å². The topological polar surface area (TPSA) is 33.0 Å². The lowest BCUT2D eigenvalue weighted by Gasteiger charge is -2.31. The third-order valence-corrected chi connectivity index (χ3v) is 3.54. The summed E-state index contributed by atoms with van der Waals surface area (Å²) in [4.78, 5) is 0. The average molecular weight is 215 g/mol. The van der Waals surface area contributed by atoms with E-state index in [1.165, 1.54) is 6.42 Å². The lowest BCUT2D eigenvalue weighted by atomic mass is 9.70. The normalized spacial score (nSPS) is 18.8. The quantitative estimate of drug-likeness (QED) is 0.757. The van der Waals surface area contributed by atoms with Crippen LogP contribution in [0.25, 0.3) is 0 Å². The lowest BCUT2D eigenvalue weighted by molar-refractivity contribution is 0.362. The standard InChI is InChI=1S/C14H17NO/c1-16-13-7-5-6-12(10-13)14(11-15)8-3-2-4-9-14/h5-7,10H,2-4,8-9H2,1H3. The van der Waals surface area contributed by atoms with Crippen molar-refractivity contribution in [1.82, 2.24) is 0 Å². The molecule has 2 rings (SSSR count). The minimum absolute atomic E-state index is 0.271. The van der Waals surface area contributed by atoms with E-state index in [9.17, 15) is 5.26 Å². The molecule has 0 radical (unpaired) electrons. The first-order valence-corrected chi connectivity index (χ1v) is 5.86. The van der Waals surface area contributed by atoms with Gasteiger partial charge in [0.25, 0.3) is 0 Å². The minimum Gasteiger partial charge on any atom is -0.497 e. The van der Waals surface area contributed by atoms with E-state index in [1.54, 1.807) is 7.11 Å². The Morgan fingerprint density at radius 1 is 1.25 bits per heavy atom. The number of ether oxygens (including phenoxy) is 1. The predicted octanol–water partition coefficient (Wildman–Crippen LogP) is 3.42. The number of rotatable bonds is 2. The van der Waals surface area contributed by atoms with E-state index in [4.69, 9.17) is 4.74 Å². The van der Waals surface area contributed by atoms with Gasteiger partial charge in [0.15, 0.2) is 0 Å². The highest BCUT2D eigenvalue weighted by molar-refractivity contribution is 5.38. The third-order valence-electron chi connectivity index (χ3n) is 3.54. The van der Waals surface area contributed by atoms with Crippen LogP contribution < -0.4 is 4.74 Å². The van der Waals surface area contributed by atoms with Crippen molar-refractivity contribution < 1.29 is 4.74 Å². The van der Waals surface area contributed by atoms with Crippen molar-refractivity contribution in [2.45, 2.75) is 37.5 Å². The largest absolute Gasteiger partial charge is 0.497 e. The summed E-state index contributed by atoms with van der Waals surface area (Å²) in [6, 6.07) is 10.5. The van der Waals surface area contributed by atoms with Crippen molar-refractivity contribution in [2.24, 2.45) is 0 Å².